The molecule has 1 fully saturated rings. The SMILES string of the molecule is NCC1CCN(c2ccc(F)cc2F)C1. The quantitative estimate of drug-likeness (QED) is 0.809. The van der Waals surface area contributed by atoms with E-state index in [0.29, 0.717) is 18.2 Å². The smallest absolute Gasteiger partial charge is 0.149 e. The third-order valence-corrected chi connectivity index (χ3v) is 2.87. The summed E-state index contributed by atoms with van der Waals surface area (Å²) in [4.78, 5) is 1.92. The van der Waals surface area contributed by atoms with Gasteiger partial charge < -0.3 is 10.6 Å². The van der Waals surface area contributed by atoms with Crippen LogP contribution in [0.5, 0.6) is 0 Å². The molecule has 1 aliphatic rings. The summed E-state index contributed by atoms with van der Waals surface area (Å²) in [5.41, 5.74) is 6.03. The van der Waals surface area contributed by atoms with Gasteiger partial charge in [-0.05, 0) is 31.0 Å². The third kappa shape index (κ3) is 2.09. The lowest BCUT2D eigenvalue weighted by Gasteiger charge is -2.19. The van der Waals surface area contributed by atoms with Gasteiger partial charge in [0, 0.05) is 19.2 Å². The minimum atomic E-state index is -0.536. The first-order valence-electron chi connectivity index (χ1n) is 5.11. The van der Waals surface area contributed by atoms with E-state index in [1.165, 1.54) is 12.1 Å². The fourth-order valence-corrected chi connectivity index (χ4v) is 1.98. The van der Waals surface area contributed by atoms with Gasteiger partial charge in [0.25, 0.3) is 0 Å². The highest BCUT2D eigenvalue weighted by Crippen LogP contribution is 2.26. The van der Waals surface area contributed by atoms with Crippen LogP contribution < -0.4 is 10.6 Å². The van der Waals surface area contributed by atoms with E-state index in [1.54, 1.807) is 0 Å². The largest absolute Gasteiger partial charge is 0.369 e. The highest BCUT2D eigenvalue weighted by Gasteiger charge is 2.23. The van der Waals surface area contributed by atoms with Gasteiger partial charge in [-0.2, -0.15) is 0 Å². The molecule has 4 heteroatoms. The first-order valence-corrected chi connectivity index (χ1v) is 5.11. The van der Waals surface area contributed by atoms with Crippen LogP contribution >= 0.6 is 0 Å². The second-order valence-corrected chi connectivity index (χ2v) is 3.93. The maximum absolute atomic E-state index is 13.4. The second-order valence-electron chi connectivity index (χ2n) is 3.93. The Labute approximate surface area is 87.7 Å². The average Bonchev–Trinajstić information content (AvgIpc) is 2.66. The summed E-state index contributed by atoms with van der Waals surface area (Å²) in [5.74, 6) is -0.604. The van der Waals surface area contributed by atoms with Crippen LogP contribution in [0.15, 0.2) is 18.2 Å². The van der Waals surface area contributed by atoms with Gasteiger partial charge >= 0.3 is 0 Å². The van der Waals surface area contributed by atoms with E-state index in [4.69, 9.17) is 5.73 Å². The van der Waals surface area contributed by atoms with Gasteiger partial charge in [-0.1, -0.05) is 0 Å². The molecule has 0 amide bonds. The predicted octanol–water partition coefficient (Wildman–Crippen LogP) is 1.75. The highest BCUT2D eigenvalue weighted by atomic mass is 19.1. The molecule has 0 bridgehead atoms. The first-order chi connectivity index (χ1) is 7.20. The van der Waals surface area contributed by atoms with E-state index in [0.717, 1.165) is 25.6 Å². The summed E-state index contributed by atoms with van der Waals surface area (Å²) in [5, 5.41) is 0. The lowest BCUT2D eigenvalue weighted by Crippen LogP contribution is -2.23. The van der Waals surface area contributed by atoms with Crippen molar-refractivity contribution < 1.29 is 8.78 Å². The molecule has 1 unspecified atom stereocenters. The van der Waals surface area contributed by atoms with Gasteiger partial charge in [-0.3, -0.25) is 0 Å². The van der Waals surface area contributed by atoms with E-state index in [2.05, 4.69) is 0 Å². The third-order valence-electron chi connectivity index (χ3n) is 2.87. The molecule has 1 aliphatic heterocycles. The normalized spacial score (nSPS) is 21.0. The molecule has 1 saturated heterocycles. The summed E-state index contributed by atoms with van der Waals surface area (Å²) in [7, 11) is 0. The zero-order chi connectivity index (χ0) is 10.8. The Balaban J connectivity index is 2.17. The van der Waals surface area contributed by atoms with Crippen molar-refractivity contribution in [2.45, 2.75) is 6.42 Å². The fraction of sp³-hybridized carbons (Fsp3) is 0.455. The predicted molar refractivity (Wildman–Crippen MR) is 55.7 cm³/mol. The number of nitrogens with zero attached hydrogens (tertiary/aromatic N) is 1. The van der Waals surface area contributed by atoms with Crippen LogP contribution in [0.1, 0.15) is 6.42 Å². The second kappa shape index (κ2) is 4.14. The Morgan fingerprint density at radius 2 is 2.20 bits per heavy atom. The zero-order valence-corrected chi connectivity index (χ0v) is 8.42. The number of anilines is 1. The monoisotopic (exact) mass is 212 g/mol. The van der Waals surface area contributed by atoms with Gasteiger partial charge in [-0.15, -0.1) is 0 Å². The molecule has 2 rings (SSSR count). The molecule has 1 aromatic carbocycles. The molecule has 1 heterocycles. The first kappa shape index (κ1) is 10.4. The van der Waals surface area contributed by atoms with Crippen LogP contribution in [0.3, 0.4) is 0 Å². The molecule has 1 atom stereocenters. The molecule has 0 aliphatic carbocycles. The number of nitrogens with two attached hydrogens (primary N) is 1. The summed E-state index contributed by atoms with van der Waals surface area (Å²) in [6.07, 6.45) is 0.979. The minimum absolute atomic E-state index is 0.425. The molecule has 2 nitrogen and oxygen atoms in total. The standard InChI is InChI=1S/C11H14F2N2/c12-9-1-2-11(10(13)5-9)15-4-3-8(6-14)7-15/h1-2,5,8H,3-4,6-7,14H2. The fourth-order valence-electron chi connectivity index (χ4n) is 1.98. The molecule has 2 N–H and O–H groups in total. The van der Waals surface area contributed by atoms with Crippen LogP contribution in [-0.2, 0) is 0 Å². The maximum Gasteiger partial charge on any atom is 0.149 e. The zero-order valence-electron chi connectivity index (χ0n) is 8.42. The van der Waals surface area contributed by atoms with Crippen LogP contribution in [-0.4, -0.2) is 19.6 Å². The maximum atomic E-state index is 13.4. The number of hydrogen-bond acceptors (Lipinski definition) is 2. The number of halogens is 2. The Hall–Kier alpha value is -1.16. The molecule has 0 radical (unpaired) electrons. The van der Waals surface area contributed by atoms with E-state index in [1.807, 2.05) is 4.90 Å². The summed E-state index contributed by atoms with van der Waals surface area (Å²) < 4.78 is 26.1. The molecular formula is C11H14F2N2. The van der Waals surface area contributed by atoms with Crippen molar-refractivity contribution in [3.8, 4) is 0 Å². The molecular weight excluding hydrogens is 198 g/mol. The van der Waals surface area contributed by atoms with Gasteiger partial charge in [0.05, 0.1) is 5.69 Å². The van der Waals surface area contributed by atoms with E-state index in [9.17, 15) is 8.78 Å². The van der Waals surface area contributed by atoms with Crippen molar-refractivity contribution in [3.05, 3.63) is 29.8 Å². The van der Waals surface area contributed by atoms with Gasteiger partial charge in [0.2, 0.25) is 0 Å². The lowest BCUT2D eigenvalue weighted by atomic mass is 10.1. The van der Waals surface area contributed by atoms with Crippen molar-refractivity contribution >= 4 is 5.69 Å². The lowest BCUT2D eigenvalue weighted by molar-refractivity contribution is 0.577. The Morgan fingerprint density at radius 3 is 2.80 bits per heavy atom. The highest BCUT2D eigenvalue weighted by molar-refractivity contribution is 5.48. The van der Waals surface area contributed by atoms with Crippen molar-refractivity contribution in [3.63, 3.8) is 0 Å². The number of hydrogen-bond donors (Lipinski definition) is 1. The molecule has 0 aromatic heterocycles. The summed E-state index contributed by atoms with van der Waals surface area (Å²) in [6, 6.07) is 3.70. The van der Waals surface area contributed by atoms with Crippen LogP contribution in [0.2, 0.25) is 0 Å². The number of rotatable bonds is 2. The number of benzene rings is 1. The Kier molecular flexibility index (Phi) is 2.86. The molecule has 15 heavy (non-hydrogen) atoms. The van der Waals surface area contributed by atoms with Gasteiger partial charge in [-0.25, -0.2) is 8.78 Å². The van der Waals surface area contributed by atoms with Crippen molar-refractivity contribution in [2.24, 2.45) is 11.7 Å². The Morgan fingerprint density at radius 1 is 1.40 bits per heavy atom. The Bertz CT molecular complexity index is 354. The van der Waals surface area contributed by atoms with Gasteiger partial charge in [0.1, 0.15) is 11.6 Å². The van der Waals surface area contributed by atoms with Gasteiger partial charge in [0.15, 0.2) is 0 Å². The topological polar surface area (TPSA) is 29.3 Å². The summed E-state index contributed by atoms with van der Waals surface area (Å²) in [6.45, 7) is 2.18. The molecule has 0 saturated carbocycles. The molecule has 82 valence electrons. The van der Waals surface area contributed by atoms with Crippen molar-refractivity contribution in [1.82, 2.24) is 0 Å². The van der Waals surface area contributed by atoms with Crippen molar-refractivity contribution in [2.75, 3.05) is 24.5 Å². The van der Waals surface area contributed by atoms with E-state index in [-0.39, 0.29) is 0 Å². The average molecular weight is 212 g/mol. The van der Waals surface area contributed by atoms with Crippen LogP contribution in [0.25, 0.3) is 0 Å². The van der Waals surface area contributed by atoms with Crippen LogP contribution in [0, 0.1) is 17.6 Å². The summed E-state index contributed by atoms with van der Waals surface area (Å²) >= 11 is 0. The van der Waals surface area contributed by atoms with E-state index < -0.39 is 11.6 Å². The minimum Gasteiger partial charge on any atom is -0.369 e. The molecule has 0 spiro atoms. The van der Waals surface area contributed by atoms with Crippen molar-refractivity contribution in [1.29, 1.82) is 0 Å². The van der Waals surface area contributed by atoms with Crippen LogP contribution in [0.4, 0.5) is 14.5 Å². The molecule has 1 aromatic rings. The van der Waals surface area contributed by atoms with E-state index >= 15 is 0 Å².